The highest BCUT2D eigenvalue weighted by atomic mass is 16.3. The molecule has 90 valence electrons. The largest absolute Gasteiger partial charge is 0.466 e. The van der Waals surface area contributed by atoms with Gasteiger partial charge in [-0.2, -0.15) is 15.0 Å². The zero-order valence-corrected chi connectivity index (χ0v) is 9.47. The zero-order chi connectivity index (χ0) is 12.3. The third kappa shape index (κ3) is 3.07. The summed E-state index contributed by atoms with van der Waals surface area (Å²) in [6.45, 7) is 2.54. The van der Waals surface area contributed by atoms with Crippen molar-refractivity contribution in [2.75, 3.05) is 23.3 Å². The van der Waals surface area contributed by atoms with Crippen molar-refractivity contribution in [3.8, 4) is 0 Å². The van der Waals surface area contributed by atoms with E-state index >= 15 is 0 Å². The Labute approximate surface area is 98.3 Å². The summed E-state index contributed by atoms with van der Waals surface area (Å²) < 4.78 is 5.43. The van der Waals surface area contributed by atoms with E-state index in [1.165, 1.54) is 0 Å². The summed E-state index contributed by atoms with van der Waals surface area (Å²) in [6.07, 6.45) is 0.735. The lowest BCUT2D eigenvalue weighted by atomic mass is 10.3. The molecule has 0 radical (unpaired) electrons. The van der Waals surface area contributed by atoms with Crippen LogP contribution in [0.3, 0.4) is 0 Å². The van der Waals surface area contributed by atoms with Crippen LogP contribution in [0.5, 0.6) is 0 Å². The molecule has 0 aliphatic rings. The Morgan fingerprint density at radius 3 is 2.47 bits per heavy atom. The SMILES string of the molecule is Cc1ccc(CCNc2nc(N)nc(N)n2)o1. The molecule has 0 amide bonds. The molecule has 0 aliphatic heterocycles. The Hall–Kier alpha value is -2.31. The van der Waals surface area contributed by atoms with Gasteiger partial charge in [0, 0.05) is 13.0 Å². The lowest BCUT2D eigenvalue weighted by molar-refractivity contribution is 0.486. The molecule has 2 aromatic rings. The highest BCUT2D eigenvalue weighted by Crippen LogP contribution is 2.08. The molecule has 0 unspecified atom stereocenters. The van der Waals surface area contributed by atoms with Crippen molar-refractivity contribution in [3.63, 3.8) is 0 Å². The Bertz CT molecular complexity index is 489. The Balaban J connectivity index is 1.89. The van der Waals surface area contributed by atoms with Crippen molar-refractivity contribution < 1.29 is 4.42 Å². The van der Waals surface area contributed by atoms with Crippen molar-refractivity contribution in [1.29, 1.82) is 0 Å². The number of nitrogens with zero attached hydrogens (tertiary/aromatic N) is 3. The molecule has 7 heteroatoms. The number of aryl methyl sites for hydroxylation is 1. The molecule has 0 aromatic carbocycles. The van der Waals surface area contributed by atoms with Crippen molar-refractivity contribution >= 4 is 17.8 Å². The summed E-state index contributed by atoms with van der Waals surface area (Å²) in [4.78, 5) is 11.5. The molecule has 2 heterocycles. The average Bonchev–Trinajstić information content (AvgIpc) is 2.63. The zero-order valence-electron chi connectivity index (χ0n) is 9.47. The monoisotopic (exact) mass is 234 g/mol. The second kappa shape index (κ2) is 4.69. The molecule has 5 N–H and O–H groups in total. The third-order valence-corrected chi connectivity index (χ3v) is 2.12. The van der Waals surface area contributed by atoms with Gasteiger partial charge in [-0.25, -0.2) is 0 Å². The standard InChI is InChI=1S/C10H14N6O/c1-6-2-3-7(17-6)4-5-13-10-15-8(11)14-9(12)16-10/h2-3H,4-5H2,1H3,(H5,11,12,13,14,15,16). The number of aromatic nitrogens is 3. The van der Waals surface area contributed by atoms with E-state index < -0.39 is 0 Å². The van der Waals surface area contributed by atoms with Crippen LogP contribution in [-0.2, 0) is 6.42 Å². The topological polar surface area (TPSA) is 116 Å². The number of nitrogens with one attached hydrogen (secondary N) is 1. The second-order valence-electron chi connectivity index (χ2n) is 3.56. The van der Waals surface area contributed by atoms with Gasteiger partial charge in [0.25, 0.3) is 0 Å². The van der Waals surface area contributed by atoms with Crippen LogP contribution in [0.1, 0.15) is 11.5 Å². The third-order valence-electron chi connectivity index (χ3n) is 2.12. The van der Waals surface area contributed by atoms with E-state index in [2.05, 4.69) is 20.3 Å². The molecule has 17 heavy (non-hydrogen) atoms. The van der Waals surface area contributed by atoms with E-state index in [9.17, 15) is 0 Å². The van der Waals surface area contributed by atoms with Crippen molar-refractivity contribution in [3.05, 3.63) is 23.7 Å². The van der Waals surface area contributed by atoms with E-state index in [4.69, 9.17) is 15.9 Å². The maximum atomic E-state index is 5.44. The molecule has 0 spiro atoms. The first kappa shape index (κ1) is 11.2. The normalized spacial score (nSPS) is 10.4. The van der Waals surface area contributed by atoms with Gasteiger partial charge < -0.3 is 21.2 Å². The van der Waals surface area contributed by atoms with Crippen molar-refractivity contribution in [1.82, 2.24) is 15.0 Å². The van der Waals surface area contributed by atoms with Gasteiger partial charge in [0.2, 0.25) is 17.8 Å². The number of hydrogen-bond acceptors (Lipinski definition) is 7. The Morgan fingerprint density at radius 2 is 1.88 bits per heavy atom. The van der Waals surface area contributed by atoms with Crippen LogP contribution in [-0.4, -0.2) is 21.5 Å². The van der Waals surface area contributed by atoms with Gasteiger partial charge >= 0.3 is 0 Å². The van der Waals surface area contributed by atoms with E-state index in [0.29, 0.717) is 12.5 Å². The molecule has 2 aromatic heterocycles. The fourth-order valence-electron chi connectivity index (χ4n) is 1.41. The Morgan fingerprint density at radius 1 is 1.18 bits per heavy atom. The minimum atomic E-state index is 0.105. The van der Waals surface area contributed by atoms with Gasteiger partial charge in [0.05, 0.1) is 0 Å². The highest BCUT2D eigenvalue weighted by Gasteiger charge is 2.02. The van der Waals surface area contributed by atoms with Gasteiger partial charge in [0.15, 0.2) is 0 Å². The number of nitrogens with two attached hydrogens (primary N) is 2. The summed E-state index contributed by atoms with van der Waals surface area (Å²) in [5, 5.41) is 3.00. The molecule has 7 nitrogen and oxygen atoms in total. The molecule has 0 fully saturated rings. The van der Waals surface area contributed by atoms with Crippen LogP contribution < -0.4 is 16.8 Å². The van der Waals surface area contributed by atoms with Crippen LogP contribution in [0.2, 0.25) is 0 Å². The molecule has 0 saturated carbocycles. The lowest BCUT2D eigenvalue weighted by Crippen LogP contribution is -2.11. The van der Waals surface area contributed by atoms with Crippen LogP contribution in [0, 0.1) is 6.92 Å². The van der Waals surface area contributed by atoms with Gasteiger partial charge in [-0.05, 0) is 19.1 Å². The number of hydrogen-bond donors (Lipinski definition) is 3. The molecule has 0 saturated heterocycles. The summed E-state index contributed by atoms with van der Waals surface area (Å²) in [5.41, 5.74) is 10.9. The quantitative estimate of drug-likeness (QED) is 0.708. The molecule has 2 rings (SSSR count). The predicted molar refractivity (Wildman–Crippen MR) is 64.3 cm³/mol. The van der Waals surface area contributed by atoms with Crippen LogP contribution >= 0.6 is 0 Å². The van der Waals surface area contributed by atoms with E-state index in [0.717, 1.165) is 17.9 Å². The number of nitrogen functional groups attached to an aromatic ring is 2. The first-order valence-corrected chi connectivity index (χ1v) is 5.20. The second-order valence-corrected chi connectivity index (χ2v) is 3.56. The maximum absolute atomic E-state index is 5.44. The predicted octanol–water partition coefficient (Wildman–Crippen LogP) is 0.592. The summed E-state index contributed by atoms with van der Waals surface area (Å²) in [7, 11) is 0. The van der Waals surface area contributed by atoms with Gasteiger partial charge in [-0.15, -0.1) is 0 Å². The minimum absolute atomic E-state index is 0.105. The Kier molecular flexibility index (Phi) is 3.08. The fourth-order valence-corrected chi connectivity index (χ4v) is 1.41. The average molecular weight is 234 g/mol. The van der Waals surface area contributed by atoms with E-state index in [1.807, 2.05) is 19.1 Å². The van der Waals surface area contributed by atoms with Gasteiger partial charge in [0.1, 0.15) is 11.5 Å². The van der Waals surface area contributed by atoms with E-state index in [-0.39, 0.29) is 11.9 Å². The fraction of sp³-hybridized carbons (Fsp3) is 0.300. The van der Waals surface area contributed by atoms with Crippen LogP contribution in [0.4, 0.5) is 17.8 Å². The van der Waals surface area contributed by atoms with E-state index in [1.54, 1.807) is 0 Å². The lowest BCUT2D eigenvalue weighted by Gasteiger charge is -2.04. The minimum Gasteiger partial charge on any atom is -0.466 e. The number of furan rings is 1. The highest BCUT2D eigenvalue weighted by molar-refractivity contribution is 5.37. The summed E-state index contributed by atoms with van der Waals surface area (Å²) in [5.74, 6) is 2.39. The maximum Gasteiger partial charge on any atom is 0.229 e. The van der Waals surface area contributed by atoms with Gasteiger partial charge in [-0.1, -0.05) is 0 Å². The van der Waals surface area contributed by atoms with Crippen LogP contribution in [0.25, 0.3) is 0 Å². The smallest absolute Gasteiger partial charge is 0.229 e. The molecular formula is C10H14N6O. The number of rotatable bonds is 4. The molecule has 0 atom stereocenters. The molecule has 0 aliphatic carbocycles. The summed E-state index contributed by atoms with van der Waals surface area (Å²) in [6, 6.07) is 3.86. The molecular weight excluding hydrogens is 220 g/mol. The first-order chi connectivity index (χ1) is 8.13. The first-order valence-electron chi connectivity index (χ1n) is 5.20. The van der Waals surface area contributed by atoms with Crippen LogP contribution in [0.15, 0.2) is 16.5 Å². The van der Waals surface area contributed by atoms with Crippen molar-refractivity contribution in [2.45, 2.75) is 13.3 Å². The summed E-state index contributed by atoms with van der Waals surface area (Å²) >= 11 is 0. The molecule has 0 bridgehead atoms. The van der Waals surface area contributed by atoms with Crippen molar-refractivity contribution in [2.24, 2.45) is 0 Å². The number of anilines is 3. The van der Waals surface area contributed by atoms with Gasteiger partial charge in [-0.3, -0.25) is 0 Å².